The normalized spacial score (nSPS) is 24.5. The van der Waals surface area contributed by atoms with Gasteiger partial charge in [0.15, 0.2) is 0 Å². The van der Waals surface area contributed by atoms with Gasteiger partial charge in [-0.15, -0.1) is 0 Å². The molecule has 3 nitrogen and oxygen atoms in total. The molecule has 1 aromatic carbocycles. The van der Waals surface area contributed by atoms with Crippen LogP contribution in [0.1, 0.15) is 11.9 Å². The second-order valence-electron chi connectivity index (χ2n) is 3.07. The van der Waals surface area contributed by atoms with Crippen molar-refractivity contribution in [3.8, 4) is 0 Å². The van der Waals surface area contributed by atoms with Crippen molar-refractivity contribution in [2.24, 2.45) is 0 Å². The average molecular weight is 179 g/mol. The van der Waals surface area contributed by atoms with E-state index in [1.54, 1.807) is 5.06 Å². The lowest BCUT2D eigenvalue weighted by Gasteiger charge is -2.29. The van der Waals surface area contributed by atoms with Crippen LogP contribution in [0.25, 0.3) is 0 Å². The van der Waals surface area contributed by atoms with Gasteiger partial charge in [-0.05, 0) is 0 Å². The Kier molecular flexibility index (Phi) is 2.59. The van der Waals surface area contributed by atoms with E-state index in [9.17, 15) is 0 Å². The number of hydrogen-bond acceptors (Lipinski definition) is 3. The Hall–Kier alpha value is -0.900. The van der Waals surface area contributed by atoms with E-state index in [4.69, 9.17) is 9.57 Å². The Balaban J connectivity index is 2.08. The molecule has 1 aliphatic rings. The van der Waals surface area contributed by atoms with Gasteiger partial charge >= 0.3 is 0 Å². The lowest BCUT2D eigenvalue weighted by atomic mass is 10.2. The van der Waals surface area contributed by atoms with Crippen LogP contribution in [0.2, 0.25) is 0 Å². The lowest BCUT2D eigenvalue weighted by Crippen LogP contribution is -2.33. The molecule has 0 amide bonds. The predicted octanol–water partition coefficient (Wildman–Crippen LogP) is 1.58. The van der Waals surface area contributed by atoms with E-state index in [0.717, 1.165) is 18.7 Å². The molecule has 0 N–H and O–H groups in total. The number of ether oxygens (including phenoxy) is 1. The number of benzene rings is 1. The molecule has 2 rings (SSSR count). The Bertz CT molecular complexity index is 263. The zero-order valence-electron chi connectivity index (χ0n) is 7.64. The number of rotatable bonds is 1. The molecule has 0 aromatic heterocycles. The SMILES string of the molecule is CN1CCOC(c2ccccc2)O1. The van der Waals surface area contributed by atoms with Crippen LogP contribution in [-0.2, 0) is 9.57 Å². The molecule has 13 heavy (non-hydrogen) atoms. The van der Waals surface area contributed by atoms with Crippen molar-refractivity contribution in [3.05, 3.63) is 35.9 Å². The van der Waals surface area contributed by atoms with Crippen LogP contribution in [0.4, 0.5) is 0 Å². The summed E-state index contributed by atoms with van der Waals surface area (Å²) in [6, 6.07) is 9.96. The van der Waals surface area contributed by atoms with Gasteiger partial charge in [0.25, 0.3) is 0 Å². The molecule has 70 valence electrons. The topological polar surface area (TPSA) is 21.7 Å². The van der Waals surface area contributed by atoms with Crippen LogP contribution in [0.3, 0.4) is 0 Å². The fourth-order valence-electron chi connectivity index (χ4n) is 1.30. The zero-order chi connectivity index (χ0) is 9.10. The summed E-state index contributed by atoms with van der Waals surface area (Å²) < 4.78 is 5.47. The summed E-state index contributed by atoms with van der Waals surface area (Å²) in [5, 5.41) is 1.81. The van der Waals surface area contributed by atoms with Gasteiger partial charge in [0.2, 0.25) is 6.29 Å². The molecular weight excluding hydrogens is 166 g/mol. The van der Waals surface area contributed by atoms with Gasteiger partial charge in [-0.3, -0.25) is 4.84 Å². The third-order valence-electron chi connectivity index (χ3n) is 2.02. The van der Waals surface area contributed by atoms with Crippen LogP contribution in [0.15, 0.2) is 30.3 Å². The fourth-order valence-corrected chi connectivity index (χ4v) is 1.30. The van der Waals surface area contributed by atoms with E-state index < -0.39 is 0 Å². The van der Waals surface area contributed by atoms with Crippen LogP contribution < -0.4 is 0 Å². The van der Waals surface area contributed by atoms with Crippen molar-refractivity contribution >= 4 is 0 Å². The van der Waals surface area contributed by atoms with E-state index in [1.165, 1.54) is 0 Å². The summed E-state index contributed by atoms with van der Waals surface area (Å²) in [6.07, 6.45) is -0.236. The van der Waals surface area contributed by atoms with Crippen LogP contribution in [0, 0.1) is 0 Å². The van der Waals surface area contributed by atoms with Gasteiger partial charge in [0.1, 0.15) is 0 Å². The first kappa shape index (κ1) is 8.69. The molecule has 1 aromatic rings. The standard InChI is InChI=1S/C10H13NO2/c1-11-7-8-12-10(13-11)9-5-3-2-4-6-9/h2-6,10H,7-8H2,1H3. The van der Waals surface area contributed by atoms with Crippen molar-refractivity contribution in [2.75, 3.05) is 20.2 Å². The Morgan fingerprint density at radius 2 is 2.08 bits per heavy atom. The van der Waals surface area contributed by atoms with Gasteiger partial charge in [-0.2, -0.15) is 5.06 Å². The van der Waals surface area contributed by atoms with Gasteiger partial charge in [-0.25, -0.2) is 0 Å². The summed E-state index contributed by atoms with van der Waals surface area (Å²) >= 11 is 0. The first-order valence-corrected chi connectivity index (χ1v) is 4.41. The zero-order valence-corrected chi connectivity index (χ0v) is 7.64. The molecule has 0 aliphatic carbocycles. The Labute approximate surface area is 77.8 Å². The summed E-state index contributed by atoms with van der Waals surface area (Å²) in [5.74, 6) is 0. The smallest absolute Gasteiger partial charge is 0.203 e. The molecule has 1 aliphatic heterocycles. The quantitative estimate of drug-likeness (QED) is 0.653. The lowest BCUT2D eigenvalue weighted by molar-refractivity contribution is -0.315. The van der Waals surface area contributed by atoms with E-state index in [0.29, 0.717) is 0 Å². The minimum absolute atomic E-state index is 0.236. The summed E-state index contributed by atoms with van der Waals surface area (Å²) in [6.45, 7) is 1.54. The Morgan fingerprint density at radius 1 is 1.31 bits per heavy atom. The first-order chi connectivity index (χ1) is 6.36. The average Bonchev–Trinajstić information content (AvgIpc) is 2.19. The van der Waals surface area contributed by atoms with Crippen molar-refractivity contribution in [1.29, 1.82) is 0 Å². The van der Waals surface area contributed by atoms with Crippen LogP contribution >= 0.6 is 0 Å². The van der Waals surface area contributed by atoms with Gasteiger partial charge < -0.3 is 4.74 Å². The monoisotopic (exact) mass is 179 g/mol. The highest BCUT2D eigenvalue weighted by atomic mass is 16.8. The maximum absolute atomic E-state index is 5.48. The molecule has 1 saturated heterocycles. The van der Waals surface area contributed by atoms with E-state index in [-0.39, 0.29) is 6.29 Å². The van der Waals surface area contributed by atoms with Crippen molar-refractivity contribution in [2.45, 2.75) is 6.29 Å². The minimum atomic E-state index is -0.236. The third-order valence-corrected chi connectivity index (χ3v) is 2.02. The molecule has 1 heterocycles. The van der Waals surface area contributed by atoms with Crippen LogP contribution in [0.5, 0.6) is 0 Å². The van der Waals surface area contributed by atoms with Gasteiger partial charge in [0, 0.05) is 19.2 Å². The summed E-state index contributed by atoms with van der Waals surface area (Å²) in [5.41, 5.74) is 1.06. The molecule has 0 saturated carbocycles. The number of nitrogens with zero attached hydrogens (tertiary/aromatic N) is 1. The molecule has 1 fully saturated rings. The van der Waals surface area contributed by atoms with Gasteiger partial charge in [-0.1, -0.05) is 30.3 Å². The van der Waals surface area contributed by atoms with Crippen molar-refractivity contribution in [1.82, 2.24) is 5.06 Å². The third kappa shape index (κ3) is 2.06. The molecule has 1 unspecified atom stereocenters. The fraction of sp³-hybridized carbons (Fsp3) is 0.400. The highest BCUT2D eigenvalue weighted by molar-refractivity contribution is 5.15. The second kappa shape index (κ2) is 3.87. The molecule has 3 heteroatoms. The van der Waals surface area contributed by atoms with Gasteiger partial charge in [0.05, 0.1) is 6.61 Å². The largest absolute Gasteiger partial charge is 0.346 e. The predicted molar refractivity (Wildman–Crippen MR) is 48.9 cm³/mol. The maximum Gasteiger partial charge on any atom is 0.203 e. The molecule has 0 spiro atoms. The van der Waals surface area contributed by atoms with E-state index >= 15 is 0 Å². The minimum Gasteiger partial charge on any atom is -0.346 e. The first-order valence-electron chi connectivity index (χ1n) is 4.41. The molecule has 0 radical (unpaired) electrons. The molecule has 0 bridgehead atoms. The van der Waals surface area contributed by atoms with E-state index in [2.05, 4.69) is 0 Å². The highest BCUT2D eigenvalue weighted by Crippen LogP contribution is 2.22. The maximum atomic E-state index is 5.48. The summed E-state index contributed by atoms with van der Waals surface area (Å²) in [4.78, 5) is 5.48. The van der Waals surface area contributed by atoms with Crippen molar-refractivity contribution < 1.29 is 9.57 Å². The van der Waals surface area contributed by atoms with Crippen LogP contribution in [-0.4, -0.2) is 25.3 Å². The van der Waals surface area contributed by atoms with E-state index in [1.807, 2.05) is 37.4 Å². The summed E-state index contributed by atoms with van der Waals surface area (Å²) in [7, 11) is 1.92. The number of hydroxylamine groups is 2. The number of hydrogen-bond donors (Lipinski definition) is 0. The molecular formula is C10H13NO2. The second-order valence-corrected chi connectivity index (χ2v) is 3.07. The van der Waals surface area contributed by atoms with Crippen molar-refractivity contribution in [3.63, 3.8) is 0 Å². The highest BCUT2D eigenvalue weighted by Gasteiger charge is 2.19. The Morgan fingerprint density at radius 3 is 2.77 bits per heavy atom. The molecule has 1 atom stereocenters. The number of likely N-dealkylation sites (N-methyl/N-ethyl adjacent to an activating group) is 1.